The second kappa shape index (κ2) is 17.2. The maximum atomic E-state index is 11.7. The number of allylic oxidation sites excluding steroid dienone is 1. The van der Waals surface area contributed by atoms with Gasteiger partial charge in [-0.25, -0.2) is 0 Å². The van der Waals surface area contributed by atoms with Gasteiger partial charge in [-0.1, -0.05) is 39.3 Å². The molecule has 63 heavy (non-hydrogen) atoms. The Bertz CT molecular complexity index is 1670. The van der Waals surface area contributed by atoms with Crippen LogP contribution < -0.4 is 0 Å². The molecular formula is C44H70O19. The van der Waals surface area contributed by atoms with Crippen molar-refractivity contribution in [2.45, 2.75) is 195 Å². The van der Waals surface area contributed by atoms with Crippen LogP contribution in [0.3, 0.4) is 0 Å². The van der Waals surface area contributed by atoms with Gasteiger partial charge in [-0.2, -0.15) is 0 Å². The van der Waals surface area contributed by atoms with Gasteiger partial charge in [0.25, 0.3) is 0 Å². The van der Waals surface area contributed by atoms with Crippen molar-refractivity contribution in [3.63, 3.8) is 0 Å². The van der Waals surface area contributed by atoms with Crippen LogP contribution in [0.5, 0.6) is 0 Å². The fraction of sp³-hybridized carbons (Fsp3) is 0.955. The van der Waals surface area contributed by atoms with Gasteiger partial charge in [0.2, 0.25) is 0 Å². The molecule has 0 aromatic rings. The van der Waals surface area contributed by atoms with Crippen molar-refractivity contribution in [1.82, 2.24) is 0 Å². The van der Waals surface area contributed by atoms with E-state index in [0.717, 1.165) is 31.3 Å². The standard InChI is InChI=1S/C44H70O19/c1-16-14-57-44(38(55)29(16)48)17(2)28-25(63-44)12-23-21-7-6-19-10-20(46)11-27(43(19,5)22(21)8-9-42(23,28)4)60-41-37(62-40-35(54)33(52)30(49)18(3)58-40)36(32(51)26(13-45)59-41)61-39-34(53)31(50)24(47)15-56-39/h6,16-18,20-41,45-55H,7-15H2,1-5H3/t16-,17-,18-,20+,21+,22-,23-,24+,25-,26+,27+,28-,29-,30-,31-,32+,33+,34+,35+,36-,37+,38-,39-,40-,41-,42-,43-,44-/m0/s1. The SMILES string of the molecule is C[C@@H]1O[C@@H](O[C@H]2[C@H](O[C@@H]3C[C@H](O)CC4=CC[C@H]5[C@@H]6C[C@@H]7O[C@@]8(OC[C@H](C)[C@H](O)[C@@H]8O)[C@@H](C)[C@@H]7[C@@]6(C)CC[C@@H]5[C@]43C)O[C@H](CO)[C@@H](O)[C@@H]2O[C@@H]2OC[C@@H](O)[C@H](O)[C@H]2O)[C@H](O)[C@H](O)[C@H]1O. The minimum absolute atomic E-state index is 0.0595. The van der Waals surface area contributed by atoms with Crippen LogP contribution in [0.15, 0.2) is 11.6 Å². The van der Waals surface area contributed by atoms with E-state index in [0.29, 0.717) is 6.42 Å². The third kappa shape index (κ3) is 7.34. The van der Waals surface area contributed by atoms with Gasteiger partial charge >= 0.3 is 0 Å². The lowest BCUT2D eigenvalue weighted by molar-refractivity contribution is -0.393. The molecule has 11 N–H and O–H groups in total. The molecule has 0 aromatic carbocycles. The molecule has 3 saturated carbocycles. The zero-order valence-corrected chi connectivity index (χ0v) is 36.6. The first kappa shape index (κ1) is 47.1. The molecule has 9 aliphatic rings. The number of hydrogen-bond acceptors (Lipinski definition) is 19. The van der Waals surface area contributed by atoms with Crippen LogP contribution in [0.25, 0.3) is 0 Å². The second-order valence-corrected chi connectivity index (χ2v) is 20.9. The first-order valence-electron chi connectivity index (χ1n) is 23.1. The van der Waals surface area contributed by atoms with Crippen LogP contribution in [-0.2, 0) is 37.9 Å². The maximum Gasteiger partial charge on any atom is 0.200 e. The van der Waals surface area contributed by atoms with Crippen LogP contribution in [0.1, 0.15) is 73.1 Å². The molecule has 0 aromatic heterocycles. The lowest BCUT2D eigenvalue weighted by Gasteiger charge is -2.61. The summed E-state index contributed by atoms with van der Waals surface area (Å²) in [5.41, 5.74) is 0.179. The van der Waals surface area contributed by atoms with E-state index in [-0.39, 0.29) is 60.1 Å². The van der Waals surface area contributed by atoms with Crippen LogP contribution >= 0.6 is 0 Å². The molecule has 1 spiro atoms. The number of rotatable bonds is 7. The fourth-order valence-corrected chi connectivity index (χ4v) is 14.0. The topological polar surface area (TPSA) is 296 Å². The predicted octanol–water partition coefficient (Wildman–Crippen LogP) is -2.23. The smallest absolute Gasteiger partial charge is 0.200 e. The molecule has 28 atom stereocenters. The summed E-state index contributed by atoms with van der Waals surface area (Å²) in [6.07, 6.45) is -19.7. The highest BCUT2D eigenvalue weighted by Gasteiger charge is 2.72. The summed E-state index contributed by atoms with van der Waals surface area (Å²) in [6, 6.07) is 0. The van der Waals surface area contributed by atoms with Crippen LogP contribution in [0, 0.1) is 46.3 Å². The Morgan fingerprint density at radius 2 is 1.44 bits per heavy atom. The Morgan fingerprint density at radius 3 is 2.17 bits per heavy atom. The zero-order chi connectivity index (χ0) is 45.2. The highest BCUT2D eigenvalue weighted by atomic mass is 16.8. The fourth-order valence-electron chi connectivity index (χ4n) is 14.0. The molecule has 8 fully saturated rings. The molecule has 4 aliphatic carbocycles. The lowest BCUT2D eigenvalue weighted by atomic mass is 9.46. The summed E-state index contributed by atoms with van der Waals surface area (Å²) in [6.45, 7) is 9.01. The molecule has 0 unspecified atom stereocenters. The van der Waals surface area contributed by atoms with Crippen molar-refractivity contribution in [1.29, 1.82) is 0 Å². The van der Waals surface area contributed by atoms with Crippen LogP contribution in [0.2, 0.25) is 0 Å². The summed E-state index contributed by atoms with van der Waals surface area (Å²) >= 11 is 0. The van der Waals surface area contributed by atoms with Gasteiger partial charge in [0.1, 0.15) is 67.1 Å². The highest BCUT2D eigenvalue weighted by molar-refractivity contribution is 5.29. The first-order valence-corrected chi connectivity index (χ1v) is 23.1. The quantitative estimate of drug-likeness (QED) is 0.121. The van der Waals surface area contributed by atoms with Crippen LogP contribution in [0.4, 0.5) is 0 Å². The van der Waals surface area contributed by atoms with Gasteiger partial charge < -0.3 is 94.1 Å². The molecule has 19 heteroatoms. The van der Waals surface area contributed by atoms with Gasteiger partial charge in [0, 0.05) is 23.7 Å². The molecule has 0 bridgehead atoms. The van der Waals surface area contributed by atoms with Crippen molar-refractivity contribution >= 4 is 0 Å². The van der Waals surface area contributed by atoms with E-state index in [1.165, 1.54) is 6.92 Å². The van der Waals surface area contributed by atoms with Gasteiger partial charge in [-0.3, -0.25) is 0 Å². The Kier molecular flexibility index (Phi) is 12.8. The summed E-state index contributed by atoms with van der Waals surface area (Å²) in [4.78, 5) is 0. The van der Waals surface area contributed by atoms with Crippen molar-refractivity contribution in [2.24, 2.45) is 46.3 Å². The molecule has 0 radical (unpaired) electrons. The Labute approximate surface area is 366 Å². The first-order chi connectivity index (χ1) is 29.8. The number of fused-ring (bicyclic) bond motifs is 7. The third-order valence-corrected chi connectivity index (χ3v) is 17.6. The normalized spacial score (nSPS) is 59.3. The largest absolute Gasteiger partial charge is 0.394 e. The Balaban J connectivity index is 1.02. The Hall–Kier alpha value is -1.02. The van der Waals surface area contributed by atoms with E-state index >= 15 is 0 Å². The molecule has 0 amide bonds. The molecule has 5 saturated heterocycles. The number of aliphatic hydroxyl groups is 11. The average Bonchev–Trinajstić information content (AvgIpc) is 3.71. The van der Waals surface area contributed by atoms with Crippen LogP contribution in [-0.4, -0.2) is 198 Å². The van der Waals surface area contributed by atoms with Crippen molar-refractivity contribution in [3.8, 4) is 0 Å². The van der Waals surface area contributed by atoms with Gasteiger partial charge in [-0.05, 0) is 68.1 Å². The third-order valence-electron chi connectivity index (χ3n) is 17.6. The van der Waals surface area contributed by atoms with E-state index < -0.39 is 135 Å². The van der Waals surface area contributed by atoms with Gasteiger partial charge in [0.15, 0.2) is 24.7 Å². The summed E-state index contributed by atoms with van der Waals surface area (Å²) in [7, 11) is 0. The average molecular weight is 903 g/mol. The minimum atomic E-state index is -1.80. The highest BCUT2D eigenvalue weighted by Crippen LogP contribution is 2.71. The number of aliphatic hydroxyl groups excluding tert-OH is 11. The van der Waals surface area contributed by atoms with Gasteiger partial charge in [-0.15, -0.1) is 0 Å². The number of ether oxygens (including phenoxy) is 8. The van der Waals surface area contributed by atoms with Crippen molar-refractivity contribution in [3.05, 3.63) is 11.6 Å². The van der Waals surface area contributed by atoms with E-state index in [1.54, 1.807) is 0 Å². The molecule has 9 rings (SSSR count). The molecule has 5 heterocycles. The van der Waals surface area contributed by atoms with E-state index in [9.17, 15) is 56.2 Å². The summed E-state index contributed by atoms with van der Waals surface area (Å²) in [5, 5.41) is 120. The van der Waals surface area contributed by atoms with Gasteiger partial charge in [0.05, 0.1) is 50.3 Å². The van der Waals surface area contributed by atoms with E-state index in [2.05, 4.69) is 26.8 Å². The molecule has 19 nitrogen and oxygen atoms in total. The molecule has 360 valence electrons. The molecular weight excluding hydrogens is 832 g/mol. The predicted molar refractivity (Wildman–Crippen MR) is 212 cm³/mol. The zero-order valence-electron chi connectivity index (χ0n) is 36.6. The maximum absolute atomic E-state index is 11.7. The lowest BCUT2D eigenvalue weighted by Crippen LogP contribution is -2.67. The second-order valence-electron chi connectivity index (χ2n) is 20.9. The van der Waals surface area contributed by atoms with E-state index in [1.807, 2.05) is 6.92 Å². The minimum Gasteiger partial charge on any atom is -0.394 e. The van der Waals surface area contributed by atoms with Crippen molar-refractivity contribution in [2.75, 3.05) is 19.8 Å². The summed E-state index contributed by atoms with van der Waals surface area (Å²) < 4.78 is 50.2. The monoisotopic (exact) mass is 902 g/mol. The summed E-state index contributed by atoms with van der Waals surface area (Å²) in [5.74, 6) is -1.18. The van der Waals surface area contributed by atoms with E-state index in [4.69, 9.17) is 37.9 Å². The Morgan fingerprint density at radius 1 is 0.730 bits per heavy atom. The molecule has 5 aliphatic heterocycles. The number of hydrogen-bond donors (Lipinski definition) is 11. The van der Waals surface area contributed by atoms with Crippen molar-refractivity contribution < 1.29 is 94.1 Å².